The van der Waals surface area contributed by atoms with Crippen LogP contribution in [0.1, 0.15) is 5.01 Å². The van der Waals surface area contributed by atoms with Crippen LogP contribution < -0.4 is 5.32 Å². The van der Waals surface area contributed by atoms with Crippen LogP contribution in [-0.2, 0) is 11.3 Å². The lowest BCUT2D eigenvalue weighted by Crippen LogP contribution is -2.50. The number of rotatable bonds is 3. The van der Waals surface area contributed by atoms with E-state index in [1.54, 1.807) is 16.2 Å². The molecule has 0 bridgehead atoms. The quantitative estimate of drug-likeness (QED) is 0.941. The van der Waals surface area contributed by atoms with E-state index in [1.807, 2.05) is 25.2 Å². The third-order valence-electron chi connectivity index (χ3n) is 3.22. The Balaban J connectivity index is 0.00000133. The standard InChI is InChI=1S/C13H15N3OS.ClH/c1-16(13(17)9-6-14-7-9)8-12-15-10-4-2-3-5-11(10)18-12;/h2-5,9,14H,6-8H2,1H3;1H. The van der Waals surface area contributed by atoms with Gasteiger partial charge in [0.25, 0.3) is 0 Å². The lowest BCUT2D eigenvalue weighted by molar-refractivity contribution is -0.136. The summed E-state index contributed by atoms with van der Waals surface area (Å²) in [5.41, 5.74) is 1.02. The number of carbonyl (C=O) groups is 1. The van der Waals surface area contributed by atoms with E-state index in [0.29, 0.717) is 6.54 Å². The molecule has 0 radical (unpaired) electrons. The molecule has 6 heteroatoms. The number of carbonyl (C=O) groups excluding carboxylic acids is 1. The van der Waals surface area contributed by atoms with Crippen molar-refractivity contribution >= 4 is 39.9 Å². The van der Waals surface area contributed by atoms with E-state index >= 15 is 0 Å². The largest absolute Gasteiger partial charge is 0.339 e. The average Bonchev–Trinajstić information content (AvgIpc) is 2.68. The first-order chi connectivity index (χ1) is 8.74. The second-order valence-corrected chi connectivity index (χ2v) is 5.74. The number of hydrogen-bond donors (Lipinski definition) is 1. The molecule has 1 aliphatic rings. The van der Waals surface area contributed by atoms with Gasteiger partial charge in [-0.3, -0.25) is 4.79 Å². The molecule has 1 aromatic heterocycles. The van der Waals surface area contributed by atoms with Gasteiger partial charge in [0.15, 0.2) is 0 Å². The molecule has 1 N–H and O–H groups in total. The maximum atomic E-state index is 12.0. The molecule has 1 aliphatic heterocycles. The van der Waals surface area contributed by atoms with Crippen LogP contribution >= 0.6 is 23.7 Å². The maximum Gasteiger partial charge on any atom is 0.228 e. The summed E-state index contributed by atoms with van der Waals surface area (Å²) in [4.78, 5) is 18.3. The molecule has 1 saturated heterocycles. The van der Waals surface area contributed by atoms with Gasteiger partial charge in [-0.25, -0.2) is 4.98 Å². The summed E-state index contributed by atoms with van der Waals surface area (Å²) in [5, 5.41) is 4.12. The van der Waals surface area contributed by atoms with Crippen LogP contribution in [0.15, 0.2) is 24.3 Å². The first kappa shape index (κ1) is 14.2. The fourth-order valence-electron chi connectivity index (χ4n) is 2.04. The Kier molecular flexibility index (Phi) is 4.39. The molecule has 102 valence electrons. The second-order valence-electron chi connectivity index (χ2n) is 4.62. The van der Waals surface area contributed by atoms with Crippen LogP contribution in [0.25, 0.3) is 10.2 Å². The predicted octanol–water partition coefficient (Wildman–Crippen LogP) is 1.90. The molecule has 1 amide bonds. The van der Waals surface area contributed by atoms with E-state index in [2.05, 4.69) is 16.4 Å². The van der Waals surface area contributed by atoms with E-state index in [4.69, 9.17) is 0 Å². The molecule has 0 aliphatic carbocycles. The van der Waals surface area contributed by atoms with Crippen molar-refractivity contribution in [3.8, 4) is 0 Å². The molecule has 0 atom stereocenters. The second kappa shape index (κ2) is 5.86. The number of para-hydroxylation sites is 1. The molecule has 0 saturated carbocycles. The van der Waals surface area contributed by atoms with Crippen LogP contribution in [0.2, 0.25) is 0 Å². The van der Waals surface area contributed by atoms with Crippen LogP contribution in [-0.4, -0.2) is 35.9 Å². The van der Waals surface area contributed by atoms with Crippen molar-refractivity contribution in [3.63, 3.8) is 0 Å². The molecular weight excluding hydrogens is 282 g/mol. The molecular formula is C13H16ClN3OS. The third-order valence-corrected chi connectivity index (χ3v) is 4.24. The van der Waals surface area contributed by atoms with Crippen molar-refractivity contribution in [1.29, 1.82) is 0 Å². The Hall–Kier alpha value is -1.17. The SMILES string of the molecule is CN(Cc1nc2ccccc2s1)C(=O)C1CNC1.Cl. The van der Waals surface area contributed by atoms with Crippen molar-refractivity contribution in [2.24, 2.45) is 5.92 Å². The number of nitrogens with zero attached hydrogens (tertiary/aromatic N) is 2. The summed E-state index contributed by atoms with van der Waals surface area (Å²) < 4.78 is 1.18. The number of fused-ring (bicyclic) bond motifs is 1. The predicted molar refractivity (Wildman–Crippen MR) is 79.7 cm³/mol. The third kappa shape index (κ3) is 2.88. The molecule has 0 spiro atoms. The van der Waals surface area contributed by atoms with Crippen LogP contribution in [0.3, 0.4) is 0 Å². The zero-order valence-electron chi connectivity index (χ0n) is 10.6. The van der Waals surface area contributed by atoms with E-state index in [1.165, 1.54) is 4.70 Å². The minimum absolute atomic E-state index is 0. The smallest absolute Gasteiger partial charge is 0.228 e. The number of thiazole rings is 1. The Morgan fingerprint density at radius 1 is 1.47 bits per heavy atom. The summed E-state index contributed by atoms with van der Waals surface area (Å²) in [5.74, 6) is 0.373. The van der Waals surface area contributed by atoms with Crippen LogP contribution in [0.4, 0.5) is 0 Å². The Morgan fingerprint density at radius 3 is 2.84 bits per heavy atom. The highest BCUT2D eigenvalue weighted by Crippen LogP contribution is 2.22. The van der Waals surface area contributed by atoms with E-state index in [-0.39, 0.29) is 24.2 Å². The van der Waals surface area contributed by atoms with Gasteiger partial charge in [0.05, 0.1) is 22.7 Å². The Bertz CT molecular complexity index is 549. The number of amides is 1. The molecule has 1 aromatic carbocycles. The van der Waals surface area contributed by atoms with Gasteiger partial charge in [-0.05, 0) is 12.1 Å². The summed E-state index contributed by atoms with van der Waals surface area (Å²) in [6.45, 7) is 2.22. The molecule has 2 heterocycles. The first-order valence-corrected chi connectivity index (χ1v) is 6.86. The van der Waals surface area contributed by atoms with Gasteiger partial charge in [0, 0.05) is 20.1 Å². The number of benzene rings is 1. The number of aromatic nitrogens is 1. The van der Waals surface area contributed by atoms with Crippen molar-refractivity contribution in [1.82, 2.24) is 15.2 Å². The Morgan fingerprint density at radius 2 is 2.21 bits per heavy atom. The topological polar surface area (TPSA) is 45.2 Å². The zero-order valence-corrected chi connectivity index (χ0v) is 12.3. The zero-order chi connectivity index (χ0) is 12.5. The number of nitrogens with one attached hydrogen (secondary N) is 1. The minimum atomic E-state index is 0. The Labute approximate surface area is 122 Å². The van der Waals surface area contributed by atoms with Gasteiger partial charge in [-0.15, -0.1) is 23.7 Å². The highest BCUT2D eigenvalue weighted by Gasteiger charge is 2.27. The van der Waals surface area contributed by atoms with E-state index in [0.717, 1.165) is 23.6 Å². The summed E-state index contributed by atoms with van der Waals surface area (Å²) in [6, 6.07) is 8.07. The van der Waals surface area contributed by atoms with Crippen molar-refractivity contribution in [2.75, 3.05) is 20.1 Å². The summed E-state index contributed by atoms with van der Waals surface area (Å²) in [7, 11) is 1.85. The highest BCUT2D eigenvalue weighted by atomic mass is 35.5. The normalized spacial score (nSPS) is 14.8. The summed E-state index contributed by atoms with van der Waals surface area (Å²) in [6.07, 6.45) is 0. The van der Waals surface area contributed by atoms with Gasteiger partial charge < -0.3 is 10.2 Å². The molecule has 19 heavy (non-hydrogen) atoms. The fourth-order valence-corrected chi connectivity index (χ4v) is 3.06. The van der Waals surface area contributed by atoms with Gasteiger partial charge in [-0.1, -0.05) is 12.1 Å². The fraction of sp³-hybridized carbons (Fsp3) is 0.385. The lowest BCUT2D eigenvalue weighted by Gasteiger charge is -2.29. The average molecular weight is 298 g/mol. The van der Waals surface area contributed by atoms with Gasteiger partial charge in [0.1, 0.15) is 5.01 Å². The molecule has 1 fully saturated rings. The molecule has 4 nitrogen and oxygen atoms in total. The van der Waals surface area contributed by atoms with Gasteiger partial charge >= 0.3 is 0 Å². The molecule has 2 aromatic rings. The van der Waals surface area contributed by atoms with Crippen molar-refractivity contribution in [2.45, 2.75) is 6.54 Å². The van der Waals surface area contributed by atoms with Gasteiger partial charge in [-0.2, -0.15) is 0 Å². The van der Waals surface area contributed by atoms with Gasteiger partial charge in [0.2, 0.25) is 5.91 Å². The first-order valence-electron chi connectivity index (χ1n) is 6.04. The number of hydrogen-bond acceptors (Lipinski definition) is 4. The van der Waals surface area contributed by atoms with Crippen molar-refractivity contribution in [3.05, 3.63) is 29.3 Å². The summed E-state index contributed by atoms with van der Waals surface area (Å²) >= 11 is 1.66. The van der Waals surface area contributed by atoms with Crippen LogP contribution in [0.5, 0.6) is 0 Å². The lowest BCUT2D eigenvalue weighted by atomic mass is 10.0. The maximum absolute atomic E-state index is 12.0. The van der Waals surface area contributed by atoms with Crippen LogP contribution in [0, 0.1) is 5.92 Å². The monoisotopic (exact) mass is 297 g/mol. The molecule has 0 unspecified atom stereocenters. The minimum Gasteiger partial charge on any atom is -0.339 e. The molecule has 3 rings (SSSR count). The number of halogens is 1. The van der Waals surface area contributed by atoms with Crippen molar-refractivity contribution < 1.29 is 4.79 Å². The van der Waals surface area contributed by atoms with E-state index in [9.17, 15) is 4.79 Å². The van der Waals surface area contributed by atoms with E-state index < -0.39 is 0 Å². The highest BCUT2D eigenvalue weighted by molar-refractivity contribution is 7.18.